The summed E-state index contributed by atoms with van der Waals surface area (Å²) >= 11 is 14.9. The molecule has 8 nitrogen and oxygen atoms in total. The molecule has 13 heteroatoms. The summed E-state index contributed by atoms with van der Waals surface area (Å²) < 4.78 is 32.8. The van der Waals surface area contributed by atoms with E-state index in [1.165, 1.54) is 31.2 Å². The van der Waals surface area contributed by atoms with Gasteiger partial charge in [0.15, 0.2) is 0 Å². The van der Waals surface area contributed by atoms with Crippen LogP contribution in [-0.4, -0.2) is 20.6 Å². The van der Waals surface area contributed by atoms with Crippen LogP contribution in [0.2, 0.25) is 10.0 Å². The van der Waals surface area contributed by atoms with Crippen molar-refractivity contribution in [3.8, 4) is 11.5 Å². The third-order valence-electron chi connectivity index (χ3n) is 4.17. The fourth-order valence-corrected chi connectivity index (χ4v) is 3.59. The highest BCUT2D eigenvalue weighted by Gasteiger charge is 2.21. The Labute approximate surface area is 198 Å². The van der Waals surface area contributed by atoms with Gasteiger partial charge >= 0.3 is 0 Å². The van der Waals surface area contributed by atoms with Crippen molar-refractivity contribution in [1.29, 1.82) is 0 Å². The van der Waals surface area contributed by atoms with Gasteiger partial charge in [0.05, 0.1) is 31.9 Å². The molecule has 32 heavy (non-hydrogen) atoms. The first-order valence-electron chi connectivity index (χ1n) is 8.78. The molecule has 0 saturated heterocycles. The van der Waals surface area contributed by atoms with Gasteiger partial charge in [-0.2, -0.15) is 5.10 Å². The number of nitrogens with one attached hydrogen (secondary N) is 1. The minimum atomic E-state index is -2.82. The lowest BCUT2D eigenvalue weighted by Crippen LogP contribution is -2.20. The maximum Gasteiger partial charge on any atom is 0.283 e. The molecule has 3 rings (SSSR count). The lowest BCUT2D eigenvalue weighted by molar-refractivity contribution is -0.384. The first-order chi connectivity index (χ1) is 15.0. The van der Waals surface area contributed by atoms with Gasteiger partial charge in [-0.1, -0.05) is 23.2 Å². The Hall–Kier alpha value is -2.76. The van der Waals surface area contributed by atoms with E-state index >= 15 is 0 Å². The molecule has 1 heterocycles. The summed E-state index contributed by atoms with van der Waals surface area (Å²) in [6.07, 6.45) is -2.82. The first kappa shape index (κ1) is 23.9. The molecular weight excluding hydrogens is 537 g/mol. The van der Waals surface area contributed by atoms with Crippen LogP contribution in [0.5, 0.6) is 11.5 Å². The van der Waals surface area contributed by atoms with E-state index in [1.807, 2.05) is 0 Å². The maximum atomic E-state index is 13.0. The predicted octanol–water partition coefficient (Wildman–Crippen LogP) is 6.54. The van der Waals surface area contributed by atoms with Crippen molar-refractivity contribution >= 4 is 56.4 Å². The van der Waals surface area contributed by atoms with Crippen molar-refractivity contribution in [2.24, 2.45) is 0 Å². The Balaban J connectivity index is 1.83. The number of halogens is 5. The molecule has 1 N–H and O–H groups in total. The van der Waals surface area contributed by atoms with E-state index in [2.05, 4.69) is 26.3 Å². The Morgan fingerprint density at radius 3 is 2.62 bits per heavy atom. The Bertz CT molecular complexity index is 1210. The molecule has 0 fully saturated rings. The molecule has 0 aliphatic rings. The van der Waals surface area contributed by atoms with Crippen LogP contribution >= 0.6 is 39.1 Å². The Morgan fingerprint density at radius 1 is 1.31 bits per heavy atom. The maximum absolute atomic E-state index is 13.0. The van der Waals surface area contributed by atoms with E-state index < -0.39 is 22.9 Å². The summed E-state index contributed by atoms with van der Waals surface area (Å²) in [6, 6.07) is 8.10. The molecule has 0 aliphatic heterocycles. The standard InChI is InChI=1S/C19H13BrCl2F2N4O4/c1-9-17(20)18(19(23)24)26-27(9)8-16(29)25-11-5-12(28(30)31)7-13(6-11)32-15-3-2-10(21)4-14(15)22/h2-7,19H,8H2,1H3,(H,25,29). The zero-order chi connectivity index (χ0) is 23.6. The van der Waals surface area contributed by atoms with Crippen LogP contribution in [-0.2, 0) is 11.3 Å². The summed E-state index contributed by atoms with van der Waals surface area (Å²) in [7, 11) is 0. The van der Waals surface area contributed by atoms with Gasteiger partial charge in [-0.15, -0.1) is 0 Å². The number of non-ortho nitro benzene ring substituents is 1. The fraction of sp³-hybridized carbons (Fsp3) is 0.158. The van der Waals surface area contributed by atoms with Crippen LogP contribution < -0.4 is 10.1 Å². The molecular formula is C19H13BrCl2F2N4O4. The van der Waals surface area contributed by atoms with Gasteiger partial charge in [-0.3, -0.25) is 19.6 Å². The topological polar surface area (TPSA) is 99.3 Å². The summed E-state index contributed by atoms with van der Waals surface area (Å²) in [5.74, 6) is -0.401. The van der Waals surface area contributed by atoms with Crippen molar-refractivity contribution in [1.82, 2.24) is 9.78 Å². The zero-order valence-corrected chi connectivity index (χ0v) is 19.2. The smallest absolute Gasteiger partial charge is 0.283 e. The quantitative estimate of drug-likeness (QED) is 0.266. The molecule has 0 unspecified atom stereocenters. The number of amides is 1. The van der Waals surface area contributed by atoms with Gasteiger partial charge in [-0.25, -0.2) is 8.78 Å². The van der Waals surface area contributed by atoms with Crippen molar-refractivity contribution in [2.45, 2.75) is 19.9 Å². The molecule has 0 saturated carbocycles. The Kier molecular flexibility index (Phi) is 7.32. The van der Waals surface area contributed by atoms with E-state index in [-0.39, 0.29) is 38.9 Å². The summed E-state index contributed by atoms with van der Waals surface area (Å²) in [6.45, 7) is 1.13. The number of nitro groups is 1. The summed E-state index contributed by atoms with van der Waals surface area (Å²) in [4.78, 5) is 23.1. The van der Waals surface area contributed by atoms with Gasteiger partial charge < -0.3 is 10.1 Å². The highest BCUT2D eigenvalue weighted by molar-refractivity contribution is 9.10. The highest BCUT2D eigenvalue weighted by atomic mass is 79.9. The molecule has 168 valence electrons. The van der Waals surface area contributed by atoms with Crippen LogP contribution in [0.15, 0.2) is 40.9 Å². The molecule has 3 aromatic rings. The van der Waals surface area contributed by atoms with Crippen LogP contribution in [0.3, 0.4) is 0 Å². The van der Waals surface area contributed by atoms with E-state index in [0.717, 1.165) is 16.8 Å². The zero-order valence-electron chi connectivity index (χ0n) is 16.1. The number of nitrogens with zero attached hydrogens (tertiary/aromatic N) is 3. The average molecular weight is 550 g/mol. The number of hydrogen-bond acceptors (Lipinski definition) is 5. The number of nitro benzene ring substituents is 1. The number of anilines is 1. The third-order valence-corrected chi connectivity index (χ3v) is 5.68. The SMILES string of the molecule is Cc1c(Br)c(C(F)F)nn1CC(=O)Nc1cc(Oc2ccc(Cl)cc2Cl)cc([N+](=O)[O-])c1. The van der Waals surface area contributed by atoms with Crippen LogP contribution in [0.4, 0.5) is 20.2 Å². The lowest BCUT2D eigenvalue weighted by Gasteiger charge is -2.11. The molecule has 0 atom stereocenters. The number of rotatable bonds is 7. The molecule has 0 radical (unpaired) electrons. The number of hydrogen-bond donors (Lipinski definition) is 1. The molecule has 1 amide bonds. The number of carbonyl (C=O) groups excluding carboxylic acids is 1. The first-order valence-corrected chi connectivity index (χ1v) is 10.3. The highest BCUT2D eigenvalue weighted by Crippen LogP contribution is 2.35. The van der Waals surface area contributed by atoms with Crippen LogP contribution in [0.1, 0.15) is 17.8 Å². The minimum absolute atomic E-state index is 0.0386. The lowest BCUT2D eigenvalue weighted by atomic mass is 10.2. The van der Waals surface area contributed by atoms with E-state index in [9.17, 15) is 23.7 Å². The van der Waals surface area contributed by atoms with Gasteiger partial charge in [0.25, 0.3) is 12.1 Å². The van der Waals surface area contributed by atoms with E-state index in [4.69, 9.17) is 27.9 Å². The minimum Gasteiger partial charge on any atom is -0.455 e. The monoisotopic (exact) mass is 548 g/mol. The third kappa shape index (κ3) is 5.53. The van der Waals surface area contributed by atoms with Crippen molar-refractivity contribution in [3.05, 3.63) is 72.4 Å². The number of ether oxygens (including phenoxy) is 1. The van der Waals surface area contributed by atoms with Crippen LogP contribution in [0.25, 0.3) is 0 Å². The number of benzene rings is 2. The largest absolute Gasteiger partial charge is 0.455 e. The normalized spacial score (nSPS) is 11.0. The molecule has 0 bridgehead atoms. The van der Waals surface area contributed by atoms with Gasteiger partial charge in [-0.05, 0) is 41.1 Å². The summed E-state index contributed by atoms with van der Waals surface area (Å²) in [5, 5.41) is 18.1. The molecule has 0 spiro atoms. The average Bonchev–Trinajstić information content (AvgIpc) is 2.98. The number of alkyl halides is 2. The van der Waals surface area contributed by atoms with E-state index in [0.29, 0.717) is 10.7 Å². The Morgan fingerprint density at radius 2 is 2.03 bits per heavy atom. The second-order valence-corrected chi connectivity index (χ2v) is 8.08. The number of carbonyl (C=O) groups is 1. The molecule has 0 aliphatic carbocycles. The second-order valence-electron chi connectivity index (χ2n) is 6.44. The van der Waals surface area contributed by atoms with Crippen LogP contribution in [0, 0.1) is 17.0 Å². The van der Waals surface area contributed by atoms with Gasteiger partial charge in [0.2, 0.25) is 5.91 Å². The van der Waals surface area contributed by atoms with Gasteiger partial charge in [0, 0.05) is 17.2 Å². The molecule has 2 aromatic carbocycles. The predicted molar refractivity (Wildman–Crippen MR) is 118 cm³/mol. The second kappa shape index (κ2) is 9.80. The van der Waals surface area contributed by atoms with Crippen molar-refractivity contribution in [2.75, 3.05) is 5.32 Å². The van der Waals surface area contributed by atoms with Crippen molar-refractivity contribution < 1.29 is 23.2 Å². The molecule has 1 aromatic heterocycles. The summed E-state index contributed by atoms with van der Waals surface area (Å²) in [5.41, 5.74) is -0.444. The van der Waals surface area contributed by atoms with Gasteiger partial charge in [0.1, 0.15) is 23.7 Å². The van der Waals surface area contributed by atoms with Crippen molar-refractivity contribution in [3.63, 3.8) is 0 Å². The fourth-order valence-electron chi connectivity index (χ4n) is 2.68. The number of aromatic nitrogens is 2. The van der Waals surface area contributed by atoms with E-state index in [1.54, 1.807) is 0 Å².